The van der Waals surface area contributed by atoms with Gasteiger partial charge in [-0.2, -0.15) is 0 Å². The predicted molar refractivity (Wildman–Crippen MR) is 36.6 cm³/mol. The van der Waals surface area contributed by atoms with Gasteiger partial charge < -0.3 is 5.11 Å². The minimum Gasteiger partial charge on any atom is -0.481 e. The van der Waals surface area contributed by atoms with Gasteiger partial charge in [0.25, 0.3) is 0 Å². The van der Waals surface area contributed by atoms with Crippen molar-refractivity contribution >= 4 is 5.97 Å². The molecule has 1 N–H and O–H groups in total. The minimum absolute atomic E-state index is 0.191. The molecule has 0 aliphatic carbocycles. The molecule has 11 heavy (non-hydrogen) atoms. The van der Waals surface area contributed by atoms with Crippen LogP contribution in [-0.2, 0) is 11.2 Å². The van der Waals surface area contributed by atoms with E-state index >= 15 is 0 Å². The molecule has 0 fully saturated rings. The third-order valence-electron chi connectivity index (χ3n) is 1.24. The highest BCUT2D eigenvalue weighted by atomic mass is 19.1. The number of halogens is 1. The lowest BCUT2D eigenvalue weighted by atomic mass is 10.1. The summed E-state index contributed by atoms with van der Waals surface area (Å²) >= 11 is 0. The molecule has 1 aromatic rings. The summed E-state index contributed by atoms with van der Waals surface area (Å²) < 4.78 is 12.7. The Labute approximate surface area is 63.3 Å². The number of benzene rings is 1. The fourth-order valence-corrected chi connectivity index (χ4v) is 0.749. The van der Waals surface area contributed by atoms with Crippen molar-refractivity contribution in [1.82, 2.24) is 0 Å². The summed E-state index contributed by atoms with van der Waals surface area (Å²) in [6.07, 6.45) is -0.277. The number of hydrogen-bond acceptors (Lipinski definition) is 1. The lowest BCUT2D eigenvalue weighted by molar-refractivity contribution is -0.136. The molecule has 1 radical (unpaired) electrons. The smallest absolute Gasteiger partial charge is 0.307 e. The van der Waals surface area contributed by atoms with Gasteiger partial charge in [-0.15, -0.1) is 0 Å². The summed E-state index contributed by atoms with van der Waals surface area (Å²) in [5.41, 5.74) is 0.191. The van der Waals surface area contributed by atoms with Gasteiger partial charge in [-0.1, -0.05) is 12.1 Å². The van der Waals surface area contributed by atoms with Gasteiger partial charge in [0.15, 0.2) is 0 Å². The van der Waals surface area contributed by atoms with Crippen LogP contribution in [0.5, 0.6) is 0 Å². The first kappa shape index (κ1) is 7.72. The lowest BCUT2D eigenvalue weighted by Crippen LogP contribution is -2.01. The molecule has 2 nitrogen and oxygen atoms in total. The normalized spacial score (nSPS) is 9.55. The zero-order chi connectivity index (χ0) is 8.27. The van der Waals surface area contributed by atoms with E-state index in [9.17, 15) is 9.18 Å². The van der Waals surface area contributed by atoms with E-state index in [2.05, 4.69) is 6.07 Å². The van der Waals surface area contributed by atoms with Crippen LogP contribution in [0.3, 0.4) is 0 Å². The number of hydrogen-bond donors (Lipinski definition) is 1. The molecule has 1 aromatic carbocycles. The van der Waals surface area contributed by atoms with Gasteiger partial charge in [-0.25, -0.2) is 4.39 Å². The van der Waals surface area contributed by atoms with Crippen molar-refractivity contribution < 1.29 is 14.3 Å². The third-order valence-corrected chi connectivity index (χ3v) is 1.24. The summed E-state index contributed by atoms with van der Waals surface area (Å²) in [6, 6.07) is 6.52. The second-order valence-corrected chi connectivity index (χ2v) is 2.09. The first-order chi connectivity index (χ1) is 5.20. The summed E-state index contributed by atoms with van der Waals surface area (Å²) in [7, 11) is 0. The van der Waals surface area contributed by atoms with Gasteiger partial charge in [0.1, 0.15) is 5.82 Å². The molecular weight excluding hydrogens is 147 g/mol. The Morgan fingerprint density at radius 1 is 1.73 bits per heavy atom. The predicted octanol–water partition coefficient (Wildman–Crippen LogP) is 1.25. The highest BCUT2D eigenvalue weighted by molar-refractivity contribution is 5.70. The quantitative estimate of drug-likeness (QED) is 0.694. The molecule has 0 unspecified atom stereocenters. The van der Waals surface area contributed by atoms with Crippen LogP contribution in [0.2, 0.25) is 0 Å². The molecule has 0 amide bonds. The van der Waals surface area contributed by atoms with Crippen molar-refractivity contribution in [1.29, 1.82) is 0 Å². The standard InChI is InChI=1S/C8H6FO2/c9-7-4-2-1-3-6(7)5-8(10)11/h1,3-4H,5H2,(H,10,11). The van der Waals surface area contributed by atoms with E-state index in [1.807, 2.05) is 0 Å². The Kier molecular flexibility index (Phi) is 2.21. The lowest BCUT2D eigenvalue weighted by Gasteiger charge is -1.96. The van der Waals surface area contributed by atoms with E-state index in [4.69, 9.17) is 5.11 Å². The van der Waals surface area contributed by atoms with Crippen LogP contribution in [0.4, 0.5) is 4.39 Å². The Morgan fingerprint density at radius 2 is 2.45 bits per heavy atom. The average Bonchev–Trinajstić information content (AvgIpc) is 1.93. The van der Waals surface area contributed by atoms with Crippen molar-refractivity contribution in [2.75, 3.05) is 0 Å². The number of carboxylic acid groups (broad SMARTS) is 1. The van der Waals surface area contributed by atoms with E-state index in [0.29, 0.717) is 0 Å². The fraction of sp³-hybridized carbons (Fsp3) is 0.125. The second kappa shape index (κ2) is 3.14. The highest BCUT2D eigenvalue weighted by Gasteiger charge is 2.04. The summed E-state index contributed by atoms with van der Waals surface area (Å²) in [5, 5.41) is 8.31. The molecule has 0 atom stereocenters. The molecular formula is C8H6FO2. The Hall–Kier alpha value is -1.38. The fourth-order valence-electron chi connectivity index (χ4n) is 0.749. The number of carboxylic acids is 1. The van der Waals surface area contributed by atoms with Crippen LogP contribution in [0.15, 0.2) is 18.2 Å². The Balaban J connectivity index is 2.86. The molecule has 0 heterocycles. The maximum absolute atomic E-state index is 12.7. The monoisotopic (exact) mass is 153 g/mol. The zero-order valence-electron chi connectivity index (χ0n) is 5.67. The minimum atomic E-state index is -1.03. The second-order valence-electron chi connectivity index (χ2n) is 2.09. The molecule has 0 aliphatic heterocycles. The molecule has 0 saturated carbocycles. The van der Waals surface area contributed by atoms with Crippen LogP contribution >= 0.6 is 0 Å². The molecule has 57 valence electrons. The summed E-state index contributed by atoms with van der Waals surface area (Å²) in [4.78, 5) is 10.1. The maximum Gasteiger partial charge on any atom is 0.307 e. The van der Waals surface area contributed by atoms with Crippen LogP contribution in [0.1, 0.15) is 5.56 Å². The molecule has 0 bridgehead atoms. The van der Waals surface area contributed by atoms with Crippen molar-refractivity contribution in [2.24, 2.45) is 0 Å². The SMILES string of the molecule is O=C(O)Cc1cc[c]cc1F. The third kappa shape index (κ3) is 2.04. The van der Waals surface area contributed by atoms with Crippen molar-refractivity contribution in [2.45, 2.75) is 6.42 Å². The molecule has 0 saturated heterocycles. The van der Waals surface area contributed by atoms with E-state index in [1.165, 1.54) is 12.1 Å². The first-order valence-electron chi connectivity index (χ1n) is 3.06. The molecule has 0 aliphatic rings. The van der Waals surface area contributed by atoms with E-state index in [-0.39, 0.29) is 12.0 Å². The van der Waals surface area contributed by atoms with Gasteiger partial charge in [-0.05, 0) is 17.7 Å². The van der Waals surface area contributed by atoms with Crippen LogP contribution in [0, 0.1) is 11.9 Å². The zero-order valence-corrected chi connectivity index (χ0v) is 5.67. The molecule has 1 rings (SSSR count). The summed E-state index contributed by atoms with van der Waals surface area (Å²) in [5.74, 6) is -1.55. The molecule has 0 spiro atoms. The van der Waals surface area contributed by atoms with Crippen LogP contribution in [-0.4, -0.2) is 11.1 Å². The number of carbonyl (C=O) groups is 1. The largest absolute Gasteiger partial charge is 0.481 e. The Bertz CT molecular complexity index is 271. The molecule has 0 aromatic heterocycles. The van der Waals surface area contributed by atoms with Crippen molar-refractivity contribution in [3.8, 4) is 0 Å². The number of rotatable bonds is 2. The highest BCUT2D eigenvalue weighted by Crippen LogP contribution is 2.05. The van der Waals surface area contributed by atoms with E-state index in [0.717, 1.165) is 6.07 Å². The average molecular weight is 153 g/mol. The maximum atomic E-state index is 12.7. The van der Waals surface area contributed by atoms with E-state index < -0.39 is 11.8 Å². The number of aliphatic carboxylic acids is 1. The van der Waals surface area contributed by atoms with Crippen molar-refractivity contribution in [3.05, 3.63) is 35.6 Å². The Morgan fingerprint density at radius 3 is 3.00 bits per heavy atom. The van der Waals surface area contributed by atoms with Gasteiger partial charge in [0.05, 0.1) is 6.42 Å². The van der Waals surface area contributed by atoms with Crippen molar-refractivity contribution in [3.63, 3.8) is 0 Å². The van der Waals surface area contributed by atoms with Crippen LogP contribution < -0.4 is 0 Å². The van der Waals surface area contributed by atoms with Crippen LogP contribution in [0.25, 0.3) is 0 Å². The van der Waals surface area contributed by atoms with Gasteiger partial charge >= 0.3 is 5.97 Å². The summed E-state index contributed by atoms with van der Waals surface area (Å²) in [6.45, 7) is 0. The molecule has 3 heteroatoms. The first-order valence-corrected chi connectivity index (χ1v) is 3.06. The topological polar surface area (TPSA) is 37.3 Å². The van der Waals surface area contributed by atoms with Gasteiger partial charge in [0.2, 0.25) is 0 Å². The van der Waals surface area contributed by atoms with Gasteiger partial charge in [-0.3, -0.25) is 4.79 Å². The van der Waals surface area contributed by atoms with Gasteiger partial charge in [0, 0.05) is 0 Å². The van der Waals surface area contributed by atoms with E-state index in [1.54, 1.807) is 0 Å².